The largest absolute Gasteiger partial charge is 0.354 e. The molecule has 29 heavy (non-hydrogen) atoms. The lowest BCUT2D eigenvalue weighted by Gasteiger charge is -2.30. The van der Waals surface area contributed by atoms with Crippen LogP contribution in [0.15, 0.2) is 29.2 Å². The molecule has 2 fully saturated rings. The number of nitrogens with one attached hydrogen (secondary N) is 1. The Labute approximate surface area is 171 Å². The molecule has 0 radical (unpaired) electrons. The van der Waals surface area contributed by atoms with Crippen molar-refractivity contribution in [1.29, 1.82) is 0 Å². The van der Waals surface area contributed by atoms with E-state index in [9.17, 15) is 22.4 Å². The molecule has 1 N–H and O–H groups in total. The minimum absolute atomic E-state index is 0.116. The van der Waals surface area contributed by atoms with E-state index in [1.165, 1.54) is 22.5 Å². The molecule has 0 saturated carbocycles. The number of carbonyl (C=O) groups excluding carboxylic acids is 2. The highest BCUT2D eigenvalue weighted by Gasteiger charge is 2.33. The minimum Gasteiger partial charge on any atom is -0.354 e. The molecule has 0 spiro atoms. The number of sulfonamides is 1. The molecular formula is C20H28FN3O4S. The molecule has 3 rings (SSSR count). The fourth-order valence-electron chi connectivity index (χ4n) is 3.88. The lowest BCUT2D eigenvalue weighted by molar-refractivity contribution is -0.131. The van der Waals surface area contributed by atoms with Gasteiger partial charge < -0.3 is 10.2 Å². The zero-order valence-corrected chi connectivity index (χ0v) is 17.3. The molecular weight excluding hydrogens is 397 g/mol. The first-order chi connectivity index (χ1) is 13.9. The van der Waals surface area contributed by atoms with Gasteiger partial charge in [-0.15, -0.1) is 0 Å². The second kappa shape index (κ2) is 9.67. The summed E-state index contributed by atoms with van der Waals surface area (Å²) in [7, 11) is -3.90. The number of nitrogens with zero attached hydrogens (tertiary/aromatic N) is 2. The molecule has 7 nitrogen and oxygen atoms in total. The van der Waals surface area contributed by atoms with E-state index in [-0.39, 0.29) is 35.7 Å². The van der Waals surface area contributed by atoms with Crippen LogP contribution in [0.2, 0.25) is 0 Å². The molecule has 0 unspecified atom stereocenters. The van der Waals surface area contributed by atoms with Crippen LogP contribution in [0.25, 0.3) is 0 Å². The van der Waals surface area contributed by atoms with Crippen molar-refractivity contribution in [3.05, 3.63) is 30.1 Å². The maximum atomic E-state index is 13.9. The highest BCUT2D eigenvalue weighted by Crippen LogP contribution is 2.25. The summed E-state index contributed by atoms with van der Waals surface area (Å²) < 4.78 is 40.4. The molecule has 0 atom stereocenters. The van der Waals surface area contributed by atoms with Gasteiger partial charge in [-0.3, -0.25) is 9.59 Å². The van der Waals surface area contributed by atoms with Gasteiger partial charge in [-0.25, -0.2) is 12.8 Å². The van der Waals surface area contributed by atoms with Crippen LogP contribution in [0, 0.1) is 11.7 Å². The first kappa shape index (κ1) is 21.7. The average molecular weight is 426 g/mol. The predicted molar refractivity (Wildman–Crippen MR) is 106 cm³/mol. The van der Waals surface area contributed by atoms with Crippen LogP contribution in [0.5, 0.6) is 0 Å². The van der Waals surface area contributed by atoms with Crippen LogP contribution in [0.4, 0.5) is 4.39 Å². The summed E-state index contributed by atoms with van der Waals surface area (Å²) >= 11 is 0. The Morgan fingerprint density at radius 1 is 1.10 bits per heavy atom. The third-order valence-corrected chi connectivity index (χ3v) is 7.56. The smallest absolute Gasteiger partial charge is 0.245 e. The van der Waals surface area contributed by atoms with Gasteiger partial charge in [0, 0.05) is 45.1 Å². The summed E-state index contributed by atoms with van der Waals surface area (Å²) in [5, 5.41) is 2.87. The van der Waals surface area contributed by atoms with E-state index in [1.54, 1.807) is 4.90 Å². The van der Waals surface area contributed by atoms with Gasteiger partial charge in [0.1, 0.15) is 10.7 Å². The van der Waals surface area contributed by atoms with Crippen LogP contribution in [-0.2, 0) is 19.6 Å². The highest BCUT2D eigenvalue weighted by atomic mass is 32.2. The number of likely N-dealkylation sites (tertiary alicyclic amines) is 1. The van der Waals surface area contributed by atoms with Crippen molar-refractivity contribution in [2.24, 2.45) is 5.92 Å². The third kappa shape index (κ3) is 5.33. The molecule has 1 aromatic carbocycles. The predicted octanol–water partition coefficient (Wildman–Crippen LogP) is 1.75. The van der Waals surface area contributed by atoms with Gasteiger partial charge in [0.05, 0.1) is 0 Å². The van der Waals surface area contributed by atoms with Gasteiger partial charge >= 0.3 is 0 Å². The second-order valence-corrected chi connectivity index (χ2v) is 9.50. The quantitative estimate of drug-likeness (QED) is 0.752. The molecule has 0 bridgehead atoms. The maximum absolute atomic E-state index is 13.9. The van der Waals surface area contributed by atoms with Gasteiger partial charge in [0.15, 0.2) is 0 Å². The highest BCUT2D eigenvalue weighted by molar-refractivity contribution is 7.89. The van der Waals surface area contributed by atoms with E-state index >= 15 is 0 Å². The Kier molecular flexibility index (Phi) is 7.23. The van der Waals surface area contributed by atoms with Crippen LogP contribution in [-0.4, -0.2) is 62.2 Å². The van der Waals surface area contributed by atoms with Crippen molar-refractivity contribution < 1.29 is 22.4 Å². The van der Waals surface area contributed by atoms with Gasteiger partial charge in [-0.05, 0) is 37.8 Å². The van der Waals surface area contributed by atoms with Crippen molar-refractivity contribution >= 4 is 21.8 Å². The lowest BCUT2D eigenvalue weighted by Crippen LogP contribution is -2.45. The number of rotatable bonds is 6. The van der Waals surface area contributed by atoms with E-state index in [2.05, 4.69) is 5.32 Å². The lowest BCUT2D eigenvalue weighted by atomic mass is 9.97. The SMILES string of the molecule is O=C(NCCN1CCCCCC1=O)C1CCN(S(=O)(=O)c2ccccc2F)CC1. The zero-order chi connectivity index (χ0) is 20.9. The molecule has 0 aromatic heterocycles. The topological polar surface area (TPSA) is 86.8 Å². The second-order valence-electron chi connectivity index (χ2n) is 7.59. The summed E-state index contributed by atoms with van der Waals surface area (Å²) in [6.45, 7) is 2.00. The van der Waals surface area contributed by atoms with Gasteiger partial charge in [-0.1, -0.05) is 18.6 Å². The molecule has 1 aromatic rings. The number of hydrogen-bond donors (Lipinski definition) is 1. The Balaban J connectivity index is 1.47. The molecule has 2 heterocycles. The third-order valence-electron chi connectivity index (χ3n) is 5.63. The van der Waals surface area contributed by atoms with Crippen LogP contribution < -0.4 is 5.32 Å². The molecule has 2 amide bonds. The monoisotopic (exact) mass is 425 g/mol. The van der Waals surface area contributed by atoms with E-state index in [0.717, 1.165) is 31.9 Å². The number of carbonyl (C=O) groups is 2. The maximum Gasteiger partial charge on any atom is 0.245 e. The van der Waals surface area contributed by atoms with Crippen molar-refractivity contribution in [3.63, 3.8) is 0 Å². The van der Waals surface area contributed by atoms with Gasteiger partial charge in [0.2, 0.25) is 21.8 Å². The van der Waals surface area contributed by atoms with Crippen LogP contribution in [0.1, 0.15) is 38.5 Å². The molecule has 2 saturated heterocycles. The van der Waals surface area contributed by atoms with Gasteiger partial charge in [0.25, 0.3) is 0 Å². The molecule has 2 aliphatic rings. The molecule has 160 valence electrons. The summed E-state index contributed by atoms with van der Waals surface area (Å²) in [4.78, 5) is 25.9. The number of piperidine rings is 1. The normalized spacial score (nSPS) is 19.8. The molecule has 9 heteroatoms. The summed E-state index contributed by atoms with van der Waals surface area (Å²) in [5.74, 6) is -1.02. The van der Waals surface area contributed by atoms with Crippen molar-refractivity contribution in [1.82, 2.24) is 14.5 Å². The van der Waals surface area contributed by atoms with Crippen LogP contribution in [0.3, 0.4) is 0 Å². The number of halogens is 1. The van der Waals surface area contributed by atoms with Gasteiger partial charge in [-0.2, -0.15) is 4.31 Å². The average Bonchev–Trinajstić information content (AvgIpc) is 2.92. The Bertz CT molecular complexity index is 838. The van der Waals surface area contributed by atoms with Crippen LogP contribution >= 0.6 is 0 Å². The van der Waals surface area contributed by atoms with Crippen molar-refractivity contribution in [2.45, 2.75) is 43.4 Å². The first-order valence-corrected chi connectivity index (χ1v) is 11.6. The first-order valence-electron chi connectivity index (χ1n) is 10.2. The fraction of sp³-hybridized carbons (Fsp3) is 0.600. The summed E-state index contributed by atoms with van der Waals surface area (Å²) in [5.41, 5.74) is 0. The Morgan fingerprint density at radius 3 is 2.55 bits per heavy atom. The minimum atomic E-state index is -3.90. The summed E-state index contributed by atoms with van der Waals surface area (Å²) in [6.07, 6.45) is 4.33. The van der Waals surface area contributed by atoms with Crippen molar-refractivity contribution in [3.8, 4) is 0 Å². The van der Waals surface area contributed by atoms with E-state index in [1.807, 2.05) is 0 Å². The Morgan fingerprint density at radius 2 is 1.83 bits per heavy atom. The number of benzene rings is 1. The number of amides is 2. The van der Waals surface area contributed by atoms with E-state index in [4.69, 9.17) is 0 Å². The van der Waals surface area contributed by atoms with E-state index in [0.29, 0.717) is 32.4 Å². The molecule has 2 aliphatic heterocycles. The fourth-order valence-corrected chi connectivity index (χ4v) is 5.42. The Hall–Kier alpha value is -2.00. The zero-order valence-electron chi connectivity index (χ0n) is 16.5. The number of hydrogen-bond acceptors (Lipinski definition) is 4. The van der Waals surface area contributed by atoms with E-state index < -0.39 is 15.8 Å². The standard InChI is InChI=1S/C20H28FN3O4S/c21-17-6-3-4-7-18(17)29(27,28)24-13-9-16(10-14-24)20(26)22-11-15-23-12-5-1-2-8-19(23)25/h3-4,6-7,16H,1-2,5,8-15H2,(H,22,26). The molecule has 0 aliphatic carbocycles. The van der Waals surface area contributed by atoms with Crippen molar-refractivity contribution in [2.75, 3.05) is 32.7 Å². The summed E-state index contributed by atoms with van der Waals surface area (Å²) in [6, 6.07) is 5.32.